The van der Waals surface area contributed by atoms with Gasteiger partial charge in [-0.3, -0.25) is 4.79 Å². The van der Waals surface area contributed by atoms with Crippen LogP contribution in [0.25, 0.3) is 0 Å². The second-order valence-corrected chi connectivity index (χ2v) is 4.54. The van der Waals surface area contributed by atoms with Gasteiger partial charge in [-0.2, -0.15) is 0 Å². The molecule has 5 heteroatoms. The zero-order valence-electron chi connectivity index (χ0n) is 9.72. The number of ether oxygens (including phenoxy) is 2. The van der Waals surface area contributed by atoms with E-state index in [1.54, 1.807) is 0 Å². The lowest BCUT2D eigenvalue weighted by Crippen LogP contribution is -2.46. The van der Waals surface area contributed by atoms with Crippen LogP contribution in [0.15, 0.2) is 0 Å². The van der Waals surface area contributed by atoms with E-state index < -0.39 is 0 Å². The van der Waals surface area contributed by atoms with E-state index in [1.807, 2.05) is 11.8 Å². The standard InChI is InChI=1S/C11H20N2O3/c1-8(12)9-2-3-10(16-9)11(14)13-4-6-15-7-5-13/h8-10H,2-7,12H2,1H3/t8-,9-,10+/m1/s1. The molecule has 0 unspecified atom stereocenters. The average molecular weight is 228 g/mol. The van der Waals surface area contributed by atoms with Crippen LogP contribution in [0, 0.1) is 0 Å². The molecule has 0 aromatic carbocycles. The van der Waals surface area contributed by atoms with Crippen LogP contribution in [-0.4, -0.2) is 55.4 Å². The van der Waals surface area contributed by atoms with Gasteiger partial charge in [0, 0.05) is 19.1 Å². The molecule has 2 heterocycles. The zero-order chi connectivity index (χ0) is 11.5. The Labute approximate surface area is 95.9 Å². The smallest absolute Gasteiger partial charge is 0.251 e. The minimum Gasteiger partial charge on any atom is -0.378 e. The average Bonchev–Trinajstić information content (AvgIpc) is 2.78. The number of morpholine rings is 1. The molecule has 2 N–H and O–H groups in total. The summed E-state index contributed by atoms with van der Waals surface area (Å²) in [5.74, 6) is 0.103. The van der Waals surface area contributed by atoms with Crippen molar-refractivity contribution >= 4 is 5.91 Å². The topological polar surface area (TPSA) is 64.8 Å². The normalized spacial score (nSPS) is 32.8. The molecular formula is C11H20N2O3. The molecule has 0 radical (unpaired) electrons. The van der Waals surface area contributed by atoms with Crippen molar-refractivity contribution in [1.82, 2.24) is 4.90 Å². The van der Waals surface area contributed by atoms with Crippen LogP contribution in [0.4, 0.5) is 0 Å². The molecule has 2 fully saturated rings. The number of carbonyl (C=O) groups is 1. The number of carbonyl (C=O) groups excluding carboxylic acids is 1. The molecule has 1 amide bonds. The van der Waals surface area contributed by atoms with Gasteiger partial charge >= 0.3 is 0 Å². The molecule has 0 bridgehead atoms. The molecule has 0 spiro atoms. The highest BCUT2D eigenvalue weighted by Gasteiger charge is 2.35. The van der Waals surface area contributed by atoms with Crippen LogP contribution >= 0.6 is 0 Å². The van der Waals surface area contributed by atoms with Gasteiger partial charge in [0.05, 0.1) is 19.3 Å². The van der Waals surface area contributed by atoms with Crippen LogP contribution in [0.5, 0.6) is 0 Å². The Bertz CT molecular complexity index is 252. The Morgan fingerprint density at radius 1 is 1.38 bits per heavy atom. The van der Waals surface area contributed by atoms with Gasteiger partial charge in [0.25, 0.3) is 5.91 Å². The maximum atomic E-state index is 12.1. The van der Waals surface area contributed by atoms with Crippen molar-refractivity contribution in [2.45, 2.75) is 38.0 Å². The van der Waals surface area contributed by atoms with Crippen molar-refractivity contribution in [2.24, 2.45) is 5.73 Å². The molecule has 0 aromatic heterocycles. The molecule has 2 aliphatic heterocycles. The monoisotopic (exact) mass is 228 g/mol. The summed E-state index contributed by atoms with van der Waals surface area (Å²) in [5.41, 5.74) is 5.77. The lowest BCUT2D eigenvalue weighted by molar-refractivity contribution is -0.147. The predicted molar refractivity (Wildman–Crippen MR) is 58.9 cm³/mol. The fraction of sp³-hybridized carbons (Fsp3) is 0.909. The number of rotatable bonds is 2. The van der Waals surface area contributed by atoms with E-state index in [0.717, 1.165) is 12.8 Å². The van der Waals surface area contributed by atoms with Gasteiger partial charge in [-0.25, -0.2) is 0 Å². The first-order valence-electron chi connectivity index (χ1n) is 5.96. The third kappa shape index (κ3) is 2.53. The summed E-state index contributed by atoms with van der Waals surface area (Å²) < 4.78 is 10.9. The Balaban J connectivity index is 1.86. The summed E-state index contributed by atoms with van der Waals surface area (Å²) in [6, 6.07) is 0.00230. The lowest BCUT2D eigenvalue weighted by atomic mass is 10.1. The summed E-state index contributed by atoms with van der Waals surface area (Å²) in [6.07, 6.45) is 1.44. The molecule has 5 nitrogen and oxygen atoms in total. The minimum absolute atomic E-state index is 0.00230. The molecule has 2 aliphatic rings. The van der Waals surface area contributed by atoms with Crippen molar-refractivity contribution in [3.63, 3.8) is 0 Å². The number of nitrogens with zero attached hydrogens (tertiary/aromatic N) is 1. The highest BCUT2D eigenvalue weighted by atomic mass is 16.5. The van der Waals surface area contributed by atoms with Crippen LogP contribution in [0.3, 0.4) is 0 Å². The van der Waals surface area contributed by atoms with Gasteiger partial charge in [0.2, 0.25) is 0 Å². The fourth-order valence-corrected chi connectivity index (χ4v) is 2.22. The number of hydrogen-bond donors (Lipinski definition) is 1. The van der Waals surface area contributed by atoms with Gasteiger partial charge in [0.1, 0.15) is 6.10 Å². The first-order chi connectivity index (χ1) is 7.68. The van der Waals surface area contributed by atoms with Crippen LogP contribution in [0.1, 0.15) is 19.8 Å². The Kier molecular flexibility index (Phi) is 3.78. The maximum Gasteiger partial charge on any atom is 0.251 e. The van der Waals surface area contributed by atoms with E-state index in [2.05, 4.69) is 0 Å². The second kappa shape index (κ2) is 5.12. The summed E-state index contributed by atoms with van der Waals surface area (Å²) in [6.45, 7) is 4.56. The van der Waals surface area contributed by atoms with E-state index in [1.165, 1.54) is 0 Å². The van der Waals surface area contributed by atoms with Crippen LogP contribution in [0.2, 0.25) is 0 Å². The van der Waals surface area contributed by atoms with Crippen molar-refractivity contribution < 1.29 is 14.3 Å². The van der Waals surface area contributed by atoms with E-state index in [4.69, 9.17) is 15.2 Å². The van der Waals surface area contributed by atoms with Gasteiger partial charge in [0.15, 0.2) is 0 Å². The predicted octanol–water partition coefficient (Wildman–Crippen LogP) is -0.260. The van der Waals surface area contributed by atoms with Crippen molar-refractivity contribution in [2.75, 3.05) is 26.3 Å². The Hall–Kier alpha value is -0.650. The van der Waals surface area contributed by atoms with Crippen molar-refractivity contribution in [3.05, 3.63) is 0 Å². The molecule has 92 valence electrons. The number of hydrogen-bond acceptors (Lipinski definition) is 4. The van der Waals surface area contributed by atoms with Gasteiger partial charge in [-0.05, 0) is 19.8 Å². The van der Waals surface area contributed by atoms with E-state index in [-0.39, 0.29) is 24.2 Å². The maximum absolute atomic E-state index is 12.1. The highest BCUT2D eigenvalue weighted by molar-refractivity contribution is 5.81. The van der Waals surface area contributed by atoms with Gasteiger partial charge in [-0.1, -0.05) is 0 Å². The summed E-state index contributed by atoms with van der Waals surface area (Å²) in [4.78, 5) is 13.9. The second-order valence-electron chi connectivity index (χ2n) is 4.54. The van der Waals surface area contributed by atoms with Crippen molar-refractivity contribution in [3.8, 4) is 0 Å². The van der Waals surface area contributed by atoms with Crippen molar-refractivity contribution in [1.29, 1.82) is 0 Å². The molecule has 2 rings (SSSR count). The first kappa shape index (κ1) is 11.8. The molecule has 2 saturated heterocycles. The number of amides is 1. The molecule has 16 heavy (non-hydrogen) atoms. The fourth-order valence-electron chi connectivity index (χ4n) is 2.22. The van der Waals surface area contributed by atoms with Gasteiger partial charge in [-0.15, -0.1) is 0 Å². The third-order valence-electron chi connectivity index (χ3n) is 3.24. The Morgan fingerprint density at radius 3 is 2.62 bits per heavy atom. The minimum atomic E-state index is -0.283. The quantitative estimate of drug-likeness (QED) is 0.707. The van der Waals surface area contributed by atoms with Gasteiger partial charge < -0.3 is 20.1 Å². The third-order valence-corrected chi connectivity index (χ3v) is 3.24. The molecule has 0 aliphatic carbocycles. The molecule has 3 atom stereocenters. The molecule has 0 saturated carbocycles. The van der Waals surface area contributed by atoms with E-state index in [9.17, 15) is 4.79 Å². The van der Waals surface area contributed by atoms with E-state index >= 15 is 0 Å². The van der Waals surface area contributed by atoms with Crippen LogP contribution in [-0.2, 0) is 14.3 Å². The largest absolute Gasteiger partial charge is 0.378 e. The highest BCUT2D eigenvalue weighted by Crippen LogP contribution is 2.23. The summed E-state index contributed by atoms with van der Waals surface area (Å²) >= 11 is 0. The lowest BCUT2D eigenvalue weighted by Gasteiger charge is -2.29. The molecule has 0 aromatic rings. The van der Waals surface area contributed by atoms with E-state index in [0.29, 0.717) is 26.3 Å². The summed E-state index contributed by atoms with van der Waals surface area (Å²) in [5, 5.41) is 0. The summed E-state index contributed by atoms with van der Waals surface area (Å²) in [7, 11) is 0. The van der Waals surface area contributed by atoms with Crippen LogP contribution < -0.4 is 5.73 Å². The molecular weight excluding hydrogens is 208 g/mol. The SMILES string of the molecule is C[C@@H](N)[C@H]1CC[C@@H](C(=O)N2CCOCC2)O1. The first-order valence-corrected chi connectivity index (χ1v) is 5.96. The number of nitrogens with two attached hydrogens (primary N) is 1. The zero-order valence-corrected chi connectivity index (χ0v) is 9.72. The Morgan fingerprint density at radius 2 is 2.06 bits per heavy atom.